The Bertz CT molecular complexity index is 525. The molecule has 5 nitrogen and oxygen atoms in total. The molecule has 2 heterocycles. The summed E-state index contributed by atoms with van der Waals surface area (Å²) in [6.07, 6.45) is 1.88. The predicted octanol–water partition coefficient (Wildman–Crippen LogP) is -0.189. The van der Waals surface area contributed by atoms with Crippen LogP contribution >= 0.6 is 11.3 Å². The second-order valence-electron chi connectivity index (χ2n) is 5.07. The fraction of sp³-hybridized carbons (Fsp3) is 0.571. The van der Waals surface area contributed by atoms with Gasteiger partial charge in [0.15, 0.2) is 0 Å². The van der Waals surface area contributed by atoms with Crippen molar-refractivity contribution in [1.29, 1.82) is 0 Å². The highest BCUT2D eigenvalue weighted by Crippen LogP contribution is 2.34. The van der Waals surface area contributed by atoms with Crippen molar-refractivity contribution in [3.63, 3.8) is 0 Å². The van der Waals surface area contributed by atoms with Crippen LogP contribution in [0.2, 0.25) is 0 Å². The summed E-state index contributed by atoms with van der Waals surface area (Å²) in [4.78, 5) is 25.6. The number of aromatic carboxylic acids is 1. The van der Waals surface area contributed by atoms with E-state index in [9.17, 15) is 14.7 Å². The van der Waals surface area contributed by atoms with Crippen molar-refractivity contribution >= 4 is 28.2 Å². The number of amides is 1. The number of rotatable bonds is 5. The molecule has 1 aliphatic rings. The molecule has 0 bridgehead atoms. The van der Waals surface area contributed by atoms with Crippen LogP contribution in [0.1, 0.15) is 47.5 Å². The van der Waals surface area contributed by atoms with Gasteiger partial charge in [0.25, 0.3) is 0 Å². The number of hydrogen-bond donors (Lipinski definition) is 2. The molecule has 2 rings (SSSR count). The maximum atomic E-state index is 11.7. The van der Waals surface area contributed by atoms with E-state index in [0.29, 0.717) is 11.4 Å². The van der Waals surface area contributed by atoms with E-state index < -0.39 is 5.97 Å². The maximum Gasteiger partial charge on any atom is 0.224 e. The predicted molar refractivity (Wildman–Crippen MR) is 76.0 cm³/mol. The van der Waals surface area contributed by atoms with Crippen LogP contribution in [0, 0.1) is 0 Å². The first-order valence-corrected chi connectivity index (χ1v) is 7.87. The summed E-state index contributed by atoms with van der Waals surface area (Å²) < 4.78 is 0. The maximum absolute atomic E-state index is 11.7. The Morgan fingerprint density at radius 2 is 2.15 bits per heavy atom. The summed E-state index contributed by atoms with van der Waals surface area (Å²) in [6, 6.07) is 0. The highest BCUT2D eigenvalue weighted by atomic mass is 32.1. The minimum atomic E-state index is -1.19. The van der Waals surface area contributed by atoms with E-state index in [-0.39, 0.29) is 11.5 Å². The largest absolute Gasteiger partial charge is 0.545 e. The number of nitrogens with one attached hydrogen (secondary N) is 2. The standard InChI is InChI=1S/C14H20N2O3S/c1-3-5-11(17)15-13-12(14(18)19)9-6-7-16(4-2)8-10(9)20-13/h3-8H2,1-2H3,(H,15,17)(H,18,19). The summed E-state index contributed by atoms with van der Waals surface area (Å²) >= 11 is 1.39. The molecule has 110 valence electrons. The van der Waals surface area contributed by atoms with Crippen LogP contribution in [0.4, 0.5) is 5.00 Å². The van der Waals surface area contributed by atoms with Gasteiger partial charge in [0, 0.05) is 18.4 Å². The lowest BCUT2D eigenvalue weighted by atomic mass is 10.0. The van der Waals surface area contributed by atoms with Gasteiger partial charge in [-0.05, 0) is 18.9 Å². The SMILES string of the molecule is CCCC(=O)Nc1sc2c(c1C(=O)[O-])CC[NH+](CC)C2. The number of quaternary nitrogens is 1. The smallest absolute Gasteiger partial charge is 0.224 e. The molecule has 1 aliphatic heterocycles. The van der Waals surface area contributed by atoms with E-state index in [0.717, 1.165) is 42.9 Å². The zero-order valence-corrected chi connectivity index (χ0v) is 12.7. The van der Waals surface area contributed by atoms with Crippen molar-refractivity contribution in [3.8, 4) is 0 Å². The lowest BCUT2D eigenvalue weighted by molar-refractivity contribution is -0.913. The van der Waals surface area contributed by atoms with Crippen LogP contribution in [0.25, 0.3) is 0 Å². The van der Waals surface area contributed by atoms with E-state index in [2.05, 4.69) is 12.2 Å². The Labute approximate surface area is 122 Å². The number of carboxylic acids is 1. The minimum absolute atomic E-state index is 0.131. The summed E-state index contributed by atoms with van der Waals surface area (Å²) in [5.41, 5.74) is 1.06. The van der Waals surface area contributed by atoms with Crippen molar-refractivity contribution in [2.24, 2.45) is 0 Å². The Morgan fingerprint density at radius 1 is 1.40 bits per heavy atom. The third-order valence-corrected chi connectivity index (χ3v) is 4.81. The fourth-order valence-electron chi connectivity index (χ4n) is 2.56. The van der Waals surface area contributed by atoms with Crippen molar-refractivity contribution in [2.45, 2.75) is 39.7 Å². The lowest BCUT2D eigenvalue weighted by Crippen LogP contribution is -3.11. The monoisotopic (exact) mass is 296 g/mol. The van der Waals surface area contributed by atoms with Crippen LogP contribution in [0.3, 0.4) is 0 Å². The lowest BCUT2D eigenvalue weighted by Gasteiger charge is -2.23. The van der Waals surface area contributed by atoms with Crippen LogP contribution in [0.15, 0.2) is 0 Å². The molecule has 0 radical (unpaired) electrons. The van der Waals surface area contributed by atoms with Gasteiger partial charge < -0.3 is 20.1 Å². The van der Waals surface area contributed by atoms with Gasteiger partial charge in [-0.25, -0.2) is 0 Å². The van der Waals surface area contributed by atoms with Gasteiger partial charge in [-0.3, -0.25) is 4.79 Å². The summed E-state index contributed by atoms with van der Waals surface area (Å²) in [7, 11) is 0. The first-order valence-electron chi connectivity index (χ1n) is 7.06. The first kappa shape index (κ1) is 15.0. The minimum Gasteiger partial charge on any atom is -0.545 e. The molecule has 1 aromatic heterocycles. The Morgan fingerprint density at radius 3 is 2.75 bits per heavy atom. The Kier molecular flexibility index (Phi) is 4.77. The van der Waals surface area contributed by atoms with E-state index >= 15 is 0 Å². The molecule has 0 aliphatic carbocycles. The molecule has 1 amide bonds. The van der Waals surface area contributed by atoms with Crippen LogP contribution in [-0.2, 0) is 17.8 Å². The molecule has 0 saturated heterocycles. The molecule has 0 aromatic carbocycles. The van der Waals surface area contributed by atoms with Crippen molar-refractivity contribution < 1.29 is 19.6 Å². The molecule has 0 saturated carbocycles. The molecule has 2 N–H and O–H groups in total. The third kappa shape index (κ3) is 3.02. The average molecular weight is 296 g/mol. The normalized spacial score (nSPS) is 17.6. The zero-order valence-electron chi connectivity index (χ0n) is 11.9. The number of likely N-dealkylation sites (N-methyl/N-ethyl adjacent to an activating group) is 1. The van der Waals surface area contributed by atoms with Gasteiger partial charge in [-0.2, -0.15) is 0 Å². The molecule has 6 heteroatoms. The molecular formula is C14H20N2O3S. The van der Waals surface area contributed by atoms with E-state index in [1.807, 2.05) is 6.92 Å². The zero-order chi connectivity index (χ0) is 14.7. The highest BCUT2D eigenvalue weighted by molar-refractivity contribution is 7.16. The topological polar surface area (TPSA) is 73.7 Å². The van der Waals surface area contributed by atoms with Crippen LogP contribution in [0.5, 0.6) is 0 Å². The van der Waals surface area contributed by atoms with E-state index in [1.165, 1.54) is 16.2 Å². The number of fused-ring (bicyclic) bond motifs is 1. The summed E-state index contributed by atoms with van der Waals surface area (Å²) in [6.45, 7) is 6.83. The molecule has 1 atom stereocenters. The van der Waals surface area contributed by atoms with E-state index in [4.69, 9.17) is 0 Å². The van der Waals surface area contributed by atoms with Crippen LogP contribution in [-0.4, -0.2) is 25.0 Å². The van der Waals surface area contributed by atoms with Crippen LogP contribution < -0.4 is 15.3 Å². The Hall–Kier alpha value is -1.40. The number of hydrogen-bond acceptors (Lipinski definition) is 4. The molecule has 20 heavy (non-hydrogen) atoms. The summed E-state index contributed by atoms with van der Waals surface area (Å²) in [5, 5.41) is 14.6. The molecule has 0 spiro atoms. The van der Waals surface area contributed by atoms with Gasteiger partial charge in [-0.15, -0.1) is 11.3 Å². The van der Waals surface area contributed by atoms with Gasteiger partial charge in [0.2, 0.25) is 5.91 Å². The first-order chi connectivity index (χ1) is 9.56. The fourth-order valence-corrected chi connectivity index (χ4v) is 3.88. The third-order valence-electron chi connectivity index (χ3n) is 3.66. The number of carbonyl (C=O) groups is 2. The Balaban J connectivity index is 2.30. The van der Waals surface area contributed by atoms with Crippen molar-refractivity contribution in [2.75, 3.05) is 18.4 Å². The number of carbonyl (C=O) groups excluding carboxylic acids is 2. The molecular weight excluding hydrogens is 276 g/mol. The highest BCUT2D eigenvalue weighted by Gasteiger charge is 2.27. The van der Waals surface area contributed by atoms with Gasteiger partial charge in [0.1, 0.15) is 11.5 Å². The quantitative estimate of drug-likeness (QED) is 0.791. The van der Waals surface area contributed by atoms with E-state index in [1.54, 1.807) is 0 Å². The molecule has 1 aromatic rings. The van der Waals surface area contributed by atoms with Gasteiger partial charge >= 0.3 is 0 Å². The average Bonchev–Trinajstić information content (AvgIpc) is 2.75. The number of carboxylic acid groups (broad SMARTS) is 1. The van der Waals surface area contributed by atoms with Crippen molar-refractivity contribution in [3.05, 3.63) is 16.0 Å². The van der Waals surface area contributed by atoms with Crippen molar-refractivity contribution in [1.82, 2.24) is 0 Å². The van der Waals surface area contributed by atoms with Gasteiger partial charge in [-0.1, -0.05) is 6.92 Å². The second-order valence-corrected chi connectivity index (χ2v) is 6.18. The summed E-state index contributed by atoms with van der Waals surface area (Å²) in [5.74, 6) is -1.32. The molecule has 0 fully saturated rings. The molecule has 1 unspecified atom stereocenters. The number of anilines is 1. The van der Waals surface area contributed by atoms with Gasteiger partial charge in [0.05, 0.1) is 23.9 Å². The number of thiophene rings is 1. The second kappa shape index (κ2) is 6.37.